The number of aryl methyl sites for hydroxylation is 2. The summed E-state index contributed by atoms with van der Waals surface area (Å²) < 4.78 is 59.8. The third kappa shape index (κ3) is 7.21. The maximum atomic E-state index is 14.3. The van der Waals surface area contributed by atoms with Crippen LogP contribution in [0.2, 0.25) is 0 Å². The summed E-state index contributed by atoms with van der Waals surface area (Å²) >= 11 is 0. The number of benzene rings is 3. The van der Waals surface area contributed by atoms with Crippen LogP contribution >= 0.6 is 0 Å². The molecule has 1 fully saturated rings. The van der Waals surface area contributed by atoms with Crippen molar-refractivity contribution in [3.8, 4) is 22.5 Å². The lowest BCUT2D eigenvalue weighted by Gasteiger charge is -2.22. The first-order valence-electron chi connectivity index (χ1n) is 18.8. The van der Waals surface area contributed by atoms with Crippen molar-refractivity contribution in [2.24, 2.45) is 4.99 Å². The van der Waals surface area contributed by atoms with E-state index in [4.69, 9.17) is 17.5 Å². The van der Waals surface area contributed by atoms with Gasteiger partial charge in [-0.25, -0.2) is 4.79 Å². The first-order valence-corrected chi connectivity index (χ1v) is 15.8. The number of carbonyl (C=O) groups excluding carboxylic acids is 4. The normalized spacial score (nSPS) is 15.3. The van der Waals surface area contributed by atoms with Crippen LogP contribution in [0.3, 0.4) is 0 Å². The maximum absolute atomic E-state index is 14.3. The molecule has 0 unspecified atom stereocenters. The molecule has 5 rings (SSSR count). The lowest BCUT2D eigenvalue weighted by molar-refractivity contribution is -0.197. The molecule has 0 bridgehead atoms. The molecule has 47 heavy (non-hydrogen) atoms. The standard InChI is InChI=1S/C37H42N4O6/c1-6-38-29-21-31-27(19-23(29)3)36(28-20-24(4)30(39-7-2)22-32(28)46-31)25-13-10-11-14-26(25)37(45)40(5)18-12-8-9-15-35(44)47-41-33(42)16-17-34(41)43/h10-11,13-14,19-22,38H,6-9,12,15-18H2,1-5H3/b39-30+/i10D,11D,13D,14D,21D,22D. The molecule has 0 saturated carbocycles. The minimum absolute atomic E-state index is 0.00247. The molecule has 3 aliphatic rings. The Kier molecular flexibility index (Phi) is 8.12. The van der Waals surface area contributed by atoms with Gasteiger partial charge < -0.3 is 19.5 Å². The van der Waals surface area contributed by atoms with Gasteiger partial charge in [0.2, 0.25) is 0 Å². The van der Waals surface area contributed by atoms with E-state index in [-0.39, 0.29) is 65.9 Å². The van der Waals surface area contributed by atoms with Crippen LogP contribution in [-0.4, -0.2) is 60.3 Å². The smallest absolute Gasteiger partial charge is 0.333 e. The minimum atomic E-state index is -0.720. The van der Waals surface area contributed by atoms with Gasteiger partial charge in [0.05, 0.1) is 13.6 Å². The molecule has 2 aliphatic heterocycles. The number of imide groups is 1. The Bertz CT molecular complexity index is 2190. The summed E-state index contributed by atoms with van der Waals surface area (Å²) in [6.45, 7) is 8.39. The zero-order chi connectivity index (χ0) is 38.9. The second kappa shape index (κ2) is 14.6. The van der Waals surface area contributed by atoms with E-state index in [1.807, 2.05) is 13.8 Å². The molecule has 0 atom stereocenters. The average molecular weight is 645 g/mol. The number of rotatable bonds is 12. The molecule has 2 aromatic rings. The van der Waals surface area contributed by atoms with Gasteiger partial charge in [-0.15, -0.1) is 5.06 Å². The lowest BCUT2D eigenvalue weighted by Crippen LogP contribution is -2.32. The van der Waals surface area contributed by atoms with Gasteiger partial charge in [-0.2, -0.15) is 0 Å². The van der Waals surface area contributed by atoms with E-state index < -0.39 is 47.9 Å². The molecule has 0 aromatic heterocycles. The van der Waals surface area contributed by atoms with E-state index in [1.165, 1.54) is 11.9 Å². The molecular weight excluding hydrogens is 596 g/mol. The van der Waals surface area contributed by atoms with Crippen molar-refractivity contribution < 1.29 is 36.7 Å². The summed E-state index contributed by atoms with van der Waals surface area (Å²) in [6, 6.07) is 1.28. The summed E-state index contributed by atoms with van der Waals surface area (Å²) in [7, 11) is 1.52. The van der Waals surface area contributed by atoms with Crippen molar-refractivity contribution in [2.75, 3.05) is 32.0 Å². The van der Waals surface area contributed by atoms with E-state index in [2.05, 4.69) is 10.3 Å². The monoisotopic (exact) mass is 644 g/mol. The number of carbonyl (C=O) groups is 4. The van der Waals surface area contributed by atoms with Crippen molar-refractivity contribution >= 4 is 40.3 Å². The molecular formula is C37H42N4O6. The van der Waals surface area contributed by atoms with Crippen molar-refractivity contribution in [3.05, 3.63) is 70.4 Å². The fraction of sp³-hybridized carbons (Fsp3) is 0.378. The number of hydroxylamine groups is 2. The highest BCUT2D eigenvalue weighted by molar-refractivity contribution is 6.09. The Balaban J connectivity index is 1.59. The second-order valence-corrected chi connectivity index (χ2v) is 11.4. The van der Waals surface area contributed by atoms with Crippen LogP contribution < -0.4 is 10.7 Å². The molecule has 1 N–H and O–H groups in total. The van der Waals surface area contributed by atoms with E-state index >= 15 is 0 Å². The fourth-order valence-corrected chi connectivity index (χ4v) is 5.54. The molecule has 10 nitrogen and oxygen atoms in total. The van der Waals surface area contributed by atoms with Gasteiger partial charge in [-0.05, 0) is 75.4 Å². The first kappa shape index (κ1) is 26.1. The zero-order valence-corrected chi connectivity index (χ0v) is 27.3. The Hall–Kier alpha value is -4.99. The minimum Gasteiger partial charge on any atom is -0.456 e. The Labute approximate surface area is 283 Å². The van der Waals surface area contributed by atoms with Crippen LogP contribution in [0, 0.1) is 13.8 Å². The van der Waals surface area contributed by atoms with Crippen LogP contribution in [0.1, 0.15) is 82.1 Å². The molecule has 0 spiro atoms. The molecule has 2 aromatic carbocycles. The highest BCUT2D eigenvalue weighted by Crippen LogP contribution is 2.43. The largest absolute Gasteiger partial charge is 0.456 e. The lowest BCUT2D eigenvalue weighted by atomic mass is 9.89. The topological polar surface area (TPSA) is 122 Å². The van der Waals surface area contributed by atoms with Crippen LogP contribution in [0.25, 0.3) is 33.4 Å². The second-order valence-electron chi connectivity index (χ2n) is 11.4. The summed E-state index contributed by atoms with van der Waals surface area (Å²) in [6.07, 6.45) is 1.19. The number of anilines is 1. The zero-order valence-electron chi connectivity index (χ0n) is 33.3. The first-order chi connectivity index (χ1) is 25.1. The number of unbranched alkanes of at least 4 members (excludes halogenated alkanes) is 2. The quantitative estimate of drug-likeness (QED) is 0.107. The van der Waals surface area contributed by atoms with Crippen molar-refractivity contribution in [1.82, 2.24) is 9.96 Å². The molecule has 246 valence electrons. The highest BCUT2D eigenvalue weighted by atomic mass is 16.7. The van der Waals surface area contributed by atoms with Crippen LogP contribution in [-0.2, 0) is 19.2 Å². The molecule has 3 amide bonds. The summed E-state index contributed by atoms with van der Waals surface area (Å²) in [4.78, 5) is 60.7. The van der Waals surface area contributed by atoms with Gasteiger partial charge in [0.25, 0.3) is 17.7 Å². The van der Waals surface area contributed by atoms with Crippen molar-refractivity contribution in [1.29, 1.82) is 0 Å². The number of amides is 3. The predicted octanol–water partition coefficient (Wildman–Crippen LogP) is 6.41. The molecule has 2 heterocycles. The molecule has 10 heteroatoms. The van der Waals surface area contributed by atoms with E-state index in [0.717, 1.165) is 0 Å². The van der Waals surface area contributed by atoms with Crippen LogP contribution in [0.5, 0.6) is 0 Å². The fourth-order valence-electron chi connectivity index (χ4n) is 5.54. The summed E-state index contributed by atoms with van der Waals surface area (Å²) in [5, 5.41) is 4.41. The van der Waals surface area contributed by atoms with Crippen LogP contribution in [0.15, 0.2) is 57.8 Å². The third-order valence-corrected chi connectivity index (χ3v) is 7.93. The van der Waals surface area contributed by atoms with Crippen molar-refractivity contribution in [3.63, 3.8) is 0 Å². The Morgan fingerprint density at radius 3 is 2.49 bits per heavy atom. The average Bonchev–Trinajstić information content (AvgIpc) is 3.43. The van der Waals surface area contributed by atoms with Crippen LogP contribution in [0.4, 0.5) is 5.69 Å². The van der Waals surface area contributed by atoms with Gasteiger partial charge in [-0.3, -0.25) is 19.4 Å². The van der Waals surface area contributed by atoms with E-state index in [9.17, 15) is 19.2 Å². The molecule has 1 saturated heterocycles. The number of nitrogens with zero attached hydrogens (tertiary/aromatic N) is 3. The van der Waals surface area contributed by atoms with E-state index in [0.29, 0.717) is 70.5 Å². The number of fused-ring (bicyclic) bond motifs is 2. The molecule has 1 aliphatic carbocycles. The SMILES string of the molecule is [2H]c1c([2H])c([2H])c(-c2c3cc(C)/c(=N/CC)c([2H])c-3oc3c([2H])c(NCC)c(C)cc23)c(C(=O)N(C)CCCCCC(=O)ON2C(=O)CCC2=O)c1[2H]. The highest BCUT2D eigenvalue weighted by Gasteiger charge is 2.32. The number of nitrogens with one attached hydrogen (secondary N) is 1. The van der Waals surface area contributed by atoms with Gasteiger partial charge in [0.15, 0.2) is 0 Å². The van der Waals surface area contributed by atoms with E-state index in [1.54, 1.807) is 26.0 Å². The summed E-state index contributed by atoms with van der Waals surface area (Å²) in [5.41, 5.74) is 2.08. The predicted molar refractivity (Wildman–Crippen MR) is 181 cm³/mol. The van der Waals surface area contributed by atoms with Gasteiger partial charge >= 0.3 is 5.97 Å². The summed E-state index contributed by atoms with van der Waals surface area (Å²) in [5.74, 6) is -2.46. The van der Waals surface area contributed by atoms with Gasteiger partial charge in [0, 0.05) is 85.8 Å². The maximum Gasteiger partial charge on any atom is 0.333 e. The molecule has 0 radical (unpaired) electrons. The Morgan fingerprint density at radius 1 is 1.02 bits per heavy atom. The van der Waals surface area contributed by atoms with Gasteiger partial charge in [-0.1, -0.05) is 24.5 Å². The Morgan fingerprint density at radius 2 is 1.77 bits per heavy atom. The number of hydrogen-bond acceptors (Lipinski definition) is 8. The van der Waals surface area contributed by atoms with Gasteiger partial charge in [0.1, 0.15) is 11.3 Å². The van der Waals surface area contributed by atoms with Crippen molar-refractivity contribution in [2.45, 2.75) is 66.2 Å². The number of hydrogen-bond donors (Lipinski definition) is 1. The third-order valence-electron chi connectivity index (χ3n) is 7.93.